The van der Waals surface area contributed by atoms with Gasteiger partial charge in [-0.3, -0.25) is 4.98 Å². The van der Waals surface area contributed by atoms with Crippen molar-refractivity contribution >= 4 is 29.2 Å². The van der Waals surface area contributed by atoms with Gasteiger partial charge in [-0.1, -0.05) is 23.2 Å². The van der Waals surface area contributed by atoms with E-state index in [-0.39, 0.29) is 22.2 Å². The van der Waals surface area contributed by atoms with Gasteiger partial charge in [0.1, 0.15) is 10.8 Å². The van der Waals surface area contributed by atoms with Crippen molar-refractivity contribution in [1.29, 1.82) is 0 Å². The van der Waals surface area contributed by atoms with Gasteiger partial charge in [0.2, 0.25) is 5.88 Å². The van der Waals surface area contributed by atoms with E-state index in [0.717, 1.165) is 0 Å². The van der Waals surface area contributed by atoms with Crippen LogP contribution in [0.15, 0.2) is 30.7 Å². The van der Waals surface area contributed by atoms with Crippen molar-refractivity contribution in [2.45, 2.75) is 0 Å². The number of hydrogen-bond acceptors (Lipinski definition) is 4. The SMILES string of the molecule is O=C(O)c1cncc(Oc2ncc(Cl)cc2Cl)c1. The van der Waals surface area contributed by atoms with Crippen molar-refractivity contribution in [2.24, 2.45) is 0 Å². The number of ether oxygens (including phenoxy) is 1. The van der Waals surface area contributed by atoms with E-state index in [2.05, 4.69) is 9.97 Å². The van der Waals surface area contributed by atoms with Crippen LogP contribution in [0.2, 0.25) is 10.0 Å². The molecule has 0 spiro atoms. The second kappa shape index (κ2) is 5.20. The third-order valence-electron chi connectivity index (χ3n) is 1.95. The van der Waals surface area contributed by atoms with Crippen LogP contribution >= 0.6 is 23.2 Å². The van der Waals surface area contributed by atoms with Gasteiger partial charge >= 0.3 is 5.97 Å². The van der Waals surface area contributed by atoms with E-state index in [1.807, 2.05) is 0 Å². The van der Waals surface area contributed by atoms with E-state index in [1.54, 1.807) is 0 Å². The number of hydrogen-bond donors (Lipinski definition) is 1. The zero-order chi connectivity index (χ0) is 13.1. The van der Waals surface area contributed by atoms with Crippen LogP contribution in [0.3, 0.4) is 0 Å². The summed E-state index contributed by atoms with van der Waals surface area (Å²) in [6, 6.07) is 2.79. The largest absolute Gasteiger partial charge is 0.478 e. The lowest BCUT2D eigenvalue weighted by molar-refractivity contribution is 0.0696. The highest BCUT2D eigenvalue weighted by molar-refractivity contribution is 6.35. The molecule has 7 heteroatoms. The highest BCUT2D eigenvalue weighted by Gasteiger charge is 2.09. The zero-order valence-electron chi connectivity index (χ0n) is 8.80. The Hall–Kier alpha value is -1.85. The summed E-state index contributed by atoms with van der Waals surface area (Å²) >= 11 is 11.6. The lowest BCUT2D eigenvalue weighted by Gasteiger charge is -2.06. The first-order valence-electron chi connectivity index (χ1n) is 4.73. The molecule has 2 rings (SSSR count). The lowest BCUT2D eigenvalue weighted by atomic mass is 10.3. The van der Waals surface area contributed by atoms with Crippen LogP contribution in [0.5, 0.6) is 11.6 Å². The summed E-state index contributed by atoms with van der Waals surface area (Å²) in [6.45, 7) is 0. The minimum absolute atomic E-state index is 0.0117. The Balaban J connectivity index is 2.28. The van der Waals surface area contributed by atoms with E-state index in [9.17, 15) is 4.79 Å². The first kappa shape index (κ1) is 12.6. The van der Waals surface area contributed by atoms with Gasteiger partial charge in [-0.15, -0.1) is 0 Å². The van der Waals surface area contributed by atoms with Crippen molar-refractivity contribution in [3.05, 3.63) is 46.3 Å². The number of aromatic nitrogens is 2. The van der Waals surface area contributed by atoms with E-state index in [1.165, 1.54) is 30.7 Å². The summed E-state index contributed by atoms with van der Waals surface area (Å²) in [5.74, 6) is -0.736. The predicted molar refractivity (Wildman–Crippen MR) is 65.5 cm³/mol. The molecule has 0 aliphatic heterocycles. The maximum absolute atomic E-state index is 10.8. The molecule has 0 aliphatic rings. The van der Waals surface area contributed by atoms with Crippen LogP contribution in [-0.4, -0.2) is 21.0 Å². The lowest BCUT2D eigenvalue weighted by Crippen LogP contribution is -1.98. The van der Waals surface area contributed by atoms with Gasteiger partial charge in [-0.2, -0.15) is 0 Å². The van der Waals surface area contributed by atoms with Gasteiger partial charge in [-0.25, -0.2) is 9.78 Å². The molecule has 0 amide bonds. The molecule has 1 N–H and O–H groups in total. The molecule has 0 aromatic carbocycles. The van der Waals surface area contributed by atoms with Crippen molar-refractivity contribution in [1.82, 2.24) is 9.97 Å². The average molecular weight is 285 g/mol. The summed E-state index contributed by atoms with van der Waals surface area (Å²) in [4.78, 5) is 18.4. The number of carboxylic acid groups (broad SMARTS) is 1. The molecule has 0 bridgehead atoms. The highest BCUT2D eigenvalue weighted by Crippen LogP contribution is 2.28. The van der Waals surface area contributed by atoms with Crippen LogP contribution in [0.25, 0.3) is 0 Å². The molecule has 0 fully saturated rings. The fraction of sp³-hybridized carbons (Fsp3) is 0. The maximum Gasteiger partial charge on any atom is 0.337 e. The molecule has 0 radical (unpaired) electrons. The second-order valence-electron chi connectivity index (χ2n) is 3.26. The monoisotopic (exact) mass is 284 g/mol. The van der Waals surface area contributed by atoms with Gasteiger partial charge < -0.3 is 9.84 Å². The molecule has 2 aromatic rings. The molecule has 5 nitrogen and oxygen atoms in total. The van der Waals surface area contributed by atoms with Crippen LogP contribution < -0.4 is 4.74 Å². The Morgan fingerprint density at radius 2 is 2.00 bits per heavy atom. The smallest absolute Gasteiger partial charge is 0.337 e. The van der Waals surface area contributed by atoms with E-state index in [0.29, 0.717) is 5.02 Å². The summed E-state index contributed by atoms with van der Waals surface area (Å²) in [5, 5.41) is 9.42. The molecular formula is C11H6Cl2N2O3. The summed E-state index contributed by atoms with van der Waals surface area (Å²) < 4.78 is 5.33. The van der Waals surface area contributed by atoms with Crippen molar-refractivity contribution < 1.29 is 14.6 Å². The third-order valence-corrected chi connectivity index (χ3v) is 2.43. The van der Waals surface area contributed by atoms with E-state index < -0.39 is 5.97 Å². The first-order valence-corrected chi connectivity index (χ1v) is 5.49. The second-order valence-corrected chi connectivity index (χ2v) is 4.10. The number of pyridine rings is 2. The molecule has 2 heterocycles. The molecule has 0 aliphatic carbocycles. The Morgan fingerprint density at radius 3 is 2.67 bits per heavy atom. The third kappa shape index (κ3) is 2.88. The Kier molecular flexibility index (Phi) is 3.64. The van der Waals surface area contributed by atoms with Crippen LogP contribution in [0.1, 0.15) is 10.4 Å². The summed E-state index contributed by atoms with van der Waals surface area (Å²) in [6.07, 6.45) is 3.95. The van der Waals surface area contributed by atoms with Gasteiger partial charge in [0.25, 0.3) is 0 Å². The number of nitrogens with zero attached hydrogens (tertiary/aromatic N) is 2. The standard InChI is InChI=1S/C11H6Cl2N2O3/c12-7-2-9(13)10(15-4-7)18-8-1-6(11(16)17)3-14-5-8/h1-5H,(H,16,17). The van der Waals surface area contributed by atoms with Crippen LogP contribution in [-0.2, 0) is 0 Å². The Bertz CT molecular complexity index is 605. The number of carbonyl (C=O) groups is 1. The number of rotatable bonds is 3. The molecule has 2 aromatic heterocycles. The van der Waals surface area contributed by atoms with Crippen LogP contribution in [0.4, 0.5) is 0 Å². The fourth-order valence-electron chi connectivity index (χ4n) is 1.18. The molecule has 92 valence electrons. The van der Waals surface area contributed by atoms with Gasteiger partial charge in [-0.05, 0) is 12.1 Å². The molecule has 18 heavy (non-hydrogen) atoms. The number of carboxylic acids is 1. The Labute approximate surface area is 112 Å². The molecule has 0 atom stereocenters. The minimum Gasteiger partial charge on any atom is -0.478 e. The van der Waals surface area contributed by atoms with Gasteiger partial charge in [0.15, 0.2) is 0 Å². The molecule has 0 saturated heterocycles. The van der Waals surface area contributed by atoms with E-state index in [4.69, 9.17) is 33.0 Å². The number of halogens is 2. The Morgan fingerprint density at radius 1 is 1.22 bits per heavy atom. The van der Waals surface area contributed by atoms with Crippen LogP contribution in [0, 0.1) is 0 Å². The normalized spacial score (nSPS) is 10.1. The first-order chi connectivity index (χ1) is 8.56. The molecule has 0 saturated carbocycles. The van der Waals surface area contributed by atoms with Gasteiger partial charge in [0.05, 0.1) is 16.8 Å². The topological polar surface area (TPSA) is 72.3 Å². The van der Waals surface area contributed by atoms with Crippen molar-refractivity contribution in [3.8, 4) is 11.6 Å². The van der Waals surface area contributed by atoms with Gasteiger partial charge in [0, 0.05) is 12.4 Å². The van der Waals surface area contributed by atoms with Crippen molar-refractivity contribution in [2.75, 3.05) is 0 Å². The van der Waals surface area contributed by atoms with E-state index >= 15 is 0 Å². The predicted octanol–water partition coefficient (Wildman–Crippen LogP) is 3.27. The molecule has 0 unspecified atom stereocenters. The highest BCUT2D eigenvalue weighted by atomic mass is 35.5. The average Bonchev–Trinajstić information content (AvgIpc) is 2.33. The minimum atomic E-state index is -1.09. The summed E-state index contributed by atoms with van der Waals surface area (Å²) in [7, 11) is 0. The summed E-state index contributed by atoms with van der Waals surface area (Å²) in [5.41, 5.74) is 0.0117. The fourth-order valence-corrected chi connectivity index (χ4v) is 1.60. The zero-order valence-corrected chi connectivity index (χ0v) is 10.3. The maximum atomic E-state index is 10.8. The molecular weight excluding hydrogens is 279 g/mol. The number of aromatic carboxylic acids is 1. The quantitative estimate of drug-likeness (QED) is 0.936. The van der Waals surface area contributed by atoms with Crippen molar-refractivity contribution in [3.63, 3.8) is 0 Å².